The second-order valence-corrected chi connectivity index (χ2v) is 6.92. The Morgan fingerprint density at radius 1 is 1.24 bits per heavy atom. The molecule has 21 heavy (non-hydrogen) atoms. The average molecular weight is 358 g/mol. The SMILES string of the molecule is CCC(CC)(C(O)Cc1cc(F)cc(Br)c1)N1CCCC1. The van der Waals surface area contributed by atoms with Gasteiger partial charge in [0.1, 0.15) is 5.82 Å². The van der Waals surface area contributed by atoms with Crippen LogP contribution in [-0.2, 0) is 6.42 Å². The zero-order valence-corrected chi connectivity index (χ0v) is 14.5. The lowest BCUT2D eigenvalue weighted by Crippen LogP contribution is -2.55. The first-order valence-electron chi connectivity index (χ1n) is 7.90. The molecule has 0 amide bonds. The van der Waals surface area contributed by atoms with Crippen LogP contribution in [0.1, 0.15) is 45.1 Å². The summed E-state index contributed by atoms with van der Waals surface area (Å²) in [5.74, 6) is -0.258. The van der Waals surface area contributed by atoms with Crippen molar-refractivity contribution in [3.8, 4) is 0 Å². The Morgan fingerprint density at radius 2 is 1.86 bits per heavy atom. The second-order valence-electron chi connectivity index (χ2n) is 6.00. The van der Waals surface area contributed by atoms with Crippen molar-refractivity contribution in [3.05, 3.63) is 34.1 Å². The third-order valence-electron chi connectivity index (χ3n) is 4.93. The quantitative estimate of drug-likeness (QED) is 0.826. The molecule has 1 N–H and O–H groups in total. The topological polar surface area (TPSA) is 23.5 Å². The molecule has 1 aromatic carbocycles. The number of nitrogens with zero attached hydrogens (tertiary/aromatic N) is 1. The number of aliphatic hydroxyl groups excluding tert-OH is 1. The van der Waals surface area contributed by atoms with Crippen LogP contribution in [0.15, 0.2) is 22.7 Å². The predicted molar refractivity (Wildman–Crippen MR) is 87.9 cm³/mol. The highest BCUT2D eigenvalue weighted by Crippen LogP contribution is 2.33. The Hall–Kier alpha value is -0.450. The van der Waals surface area contributed by atoms with E-state index in [0.717, 1.165) is 36.0 Å². The predicted octanol–water partition coefficient (Wildman–Crippen LogP) is 4.15. The summed E-state index contributed by atoms with van der Waals surface area (Å²) in [6.07, 6.45) is 4.27. The van der Waals surface area contributed by atoms with Crippen LogP contribution in [0.25, 0.3) is 0 Å². The van der Waals surface area contributed by atoms with Gasteiger partial charge in [-0.15, -0.1) is 0 Å². The van der Waals surface area contributed by atoms with Crippen molar-refractivity contribution in [2.24, 2.45) is 0 Å². The van der Waals surface area contributed by atoms with Crippen LogP contribution in [0.3, 0.4) is 0 Å². The van der Waals surface area contributed by atoms with Gasteiger partial charge >= 0.3 is 0 Å². The highest BCUT2D eigenvalue weighted by Gasteiger charge is 2.41. The third kappa shape index (κ3) is 3.66. The van der Waals surface area contributed by atoms with E-state index >= 15 is 0 Å². The van der Waals surface area contributed by atoms with Gasteiger partial charge in [0.15, 0.2) is 0 Å². The zero-order valence-electron chi connectivity index (χ0n) is 12.9. The summed E-state index contributed by atoms with van der Waals surface area (Å²) in [5, 5.41) is 10.9. The van der Waals surface area contributed by atoms with E-state index in [1.807, 2.05) is 6.07 Å². The molecule has 1 aliphatic rings. The highest BCUT2D eigenvalue weighted by atomic mass is 79.9. The maximum atomic E-state index is 13.5. The number of benzene rings is 1. The Kier molecular flexibility index (Phi) is 5.81. The number of likely N-dealkylation sites (tertiary alicyclic amines) is 1. The van der Waals surface area contributed by atoms with Crippen molar-refractivity contribution in [1.29, 1.82) is 0 Å². The summed E-state index contributed by atoms with van der Waals surface area (Å²) >= 11 is 3.32. The number of rotatable bonds is 6. The number of halogens is 2. The van der Waals surface area contributed by atoms with Crippen molar-refractivity contribution in [2.75, 3.05) is 13.1 Å². The van der Waals surface area contributed by atoms with Crippen molar-refractivity contribution in [3.63, 3.8) is 0 Å². The molecule has 118 valence electrons. The molecule has 2 rings (SSSR count). The summed E-state index contributed by atoms with van der Waals surface area (Å²) in [6, 6.07) is 4.86. The molecular weight excluding hydrogens is 333 g/mol. The highest BCUT2D eigenvalue weighted by molar-refractivity contribution is 9.10. The van der Waals surface area contributed by atoms with Crippen LogP contribution in [0, 0.1) is 5.82 Å². The summed E-state index contributed by atoms with van der Waals surface area (Å²) in [5.41, 5.74) is 0.662. The molecule has 1 heterocycles. The molecule has 1 fully saturated rings. The van der Waals surface area contributed by atoms with Crippen LogP contribution in [0.4, 0.5) is 4.39 Å². The van der Waals surface area contributed by atoms with Gasteiger partial charge in [-0.25, -0.2) is 4.39 Å². The number of hydrogen-bond acceptors (Lipinski definition) is 2. The molecule has 2 nitrogen and oxygen atoms in total. The molecule has 0 aliphatic carbocycles. The van der Waals surface area contributed by atoms with Gasteiger partial charge in [-0.2, -0.15) is 0 Å². The van der Waals surface area contributed by atoms with E-state index in [0.29, 0.717) is 6.42 Å². The standard InChI is InChI=1S/C17H25BrFNO/c1-3-17(4-2,20-7-5-6-8-20)16(21)11-13-9-14(18)12-15(19)10-13/h9-10,12,16,21H,3-8,11H2,1-2H3. The molecule has 1 aromatic rings. The molecule has 0 bridgehead atoms. The summed E-state index contributed by atoms with van der Waals surface area (Å²) in [4.78, 5) is 2.44. The lowest BCUT2D eigenvalue weighted by atomic mass is 9.82. The van der Waals surface area contributed by atoms with Crippen LogP contribution in [-0.4, -0.2) is 34.7 Å². The average Bonchev–Trinajstić information content (AvgIpc) is 2.94. The molecule has 1 unspecified atom stereocenters. The Labute approximate surface area is 135 Å². The maximum absolute atomic E-state index is 13.5. The van der Waals surface area contributed by atoms with E-state index < -0.39 is 6.10 Å². The van der Waals surface area contributed by atoms with Crippen LogP contribution in [0.2, 0.25) is 0 Å². The lowest BCUT2D eigenvalue weighted by Gasteiger charge is -2.44. The number of aliphatic hydroxyl groups is 1. The van der Waals surface area contributed by atoms with E-state index in [9.17, 15) is 9.50 Å². The first-order valence-corrected chi connectivity index (χ1v) is 8.69. The fourth-order valence-electron chi connectivity index (χ4n) is 3.68. The van der Waals surface area contributed by atoms with Crippen molar-refractivity contribution < 1.29 is 9.50 Å². The molecule has 0 aromatic heterocycles. The van der Waals surface area contributed by atoms with Gasteiger partial charge in [0, 0.05) is 16.4 Å². The van der Waals surface area contributed by atoms with Crippen LogP contribution < -0.4 is 0 Å². The van der Waals surface area contributed by atoms with Crippen molar-refractivity contribution >= 4 is 15.9 Å². The monoisotopic (exact) mass is 357 g/mol. The van der Waals surface area contributed by atoms with Gasteiger partial charge in [0.25, 0.3) is 0 Å². The maximum Gasteiger partial charge on any atom is 0.124 e. The van der Waals surface area contributed by atoms with Gasteiger partial charge in [-0.05, 0) is 62.5 Å². The van der Waals surface area contributed by atoms with Gasteiger partial charge in [0.2, 0.25) is 0 Å². The van der Waals surface area contributed by atoms with E-state index in [1.54, 1.807) is 0 Å². The summed E-state index contributed by atoms with van der Waals surface area (Å²) < 4.78 is 14.2. The largest absolute Gasteiger partial charge is 0.391 e. The fraction of sp³-hybridized carbons (Fsp3) is 0.647. The van der Waals surface area contributed by atoms with Crippen LogP contribution in [0.5, 0.6) is 0 Å². The summed E-state index contributed by atoms with van der Waals surface area (Å²) in [6.45, 7) is 6.41. The van der Waals surface area contributed by atoms with E-state index in [4.69, 9.17) is 0 Å². The van der Waals surface area contributed by atoms with Gasteiger partial charge < -0.3 is 5.11 Å². The molecule has 1 aliphatic heterocycles. The normalized spacial score (nSPS) is 18.1. The Bertz CT molecular complexity index is 450. The molecule has 1 atom stereocenters. The van der Waals surface area contributed by atoms with Crippen molar-refractivity contribution in [1.82, 2.24) is 4.90 Å². The van der Waals surface area contributed by atoms with Gasteiger partial charge in [0.05, 0.1) is 6.10 Å². The molecule has 4 heteroatoms. The Balaban J connectivity index is 2.19. The molecule has 1 saturated heterocycles. The minimum absolute atomic E-state index is 0.185. The van der Waals surface area contributed by atoms with Gasteiger partial charge in [-0.3, -0.25) is 4.90 Å². The van der Waals surface area contributed by atoms with E-state index in [2.05, 4.69) is 34.7 Å². The summed E-state index contributed by atoms with van der Waals surface area (Å²) in [7, 11) is 0. The first kappa shape index (κ1) is 16.9. The van der Waals surface area contributed by atoms with E-state index in [-0.39, 0.29) is 11.4 Å². The van der Waals surface area contributed by atoms with Crippen molar-refractivity contribution in [2.45, 2.75) is 57.6 Å². The first-order chi connectivity index (χ1) is 10.0. The van der Waals surface area contributed by atoms with E-state index in [1.165, 1.54) is 25.0 Å². The molecule has 0 spiro atoms. The van der Waals surface area contributed by atoms with Gasteiger partial charge in [-0.1, -0.05) is 29.8 Å². The van der Waals surface area contributed by atoms with Crippen LogP contribution >= 0.6 is 15.9 Å². The third-order valence-corrected chi connectivity index (χ3v) is 5.39. The zero-order chi connectivity index (χ0) is 15.5. The molecule has 0 saturated carbocycles. The Morgan fingerprint density at radius 3 is 2.38 bits per heavy atom. The fourth-order valence-corrected chi connectivity index (χ4v) is 4.20. The minimum atomic E-state index is -0.473. The molecule has 0 radical (unpaired) electrons. The second kappa shape index (κ2) is 7.21. The lowest BCUT2D eigenvalue weighted by molar-refractivity contribution is -0.0270. The minimum Gasteiger partial charge on any atom is -0.391 e. The number of hydrogen-bond donors (Lipinski definition) is 1. The molecular formula is C17H25BrFNO. The smallest absolute Gasteiger partial charge is 0.124 e.